The molecule has 0 aliphatic carbocycles. The number of carbonyl (C=O) groups excluding carboxylic acids is 1. The monoisotopic (exact) mass is 471 g/mol. The average Bonchev–Trinajstić information content (AvgIpc) is 3.49. The second-order valence-corrected chi connectivity index (χ2v) is 9.75. The van der Waals surface area contributed by atoms with Crippen LogP contribution in [0.15, 0.2) is 60.8 Å². The van der Waals surface area contributed by atoms with Crippen LogP contribution in [-0.4, -0.2) is 34.1 Å². The SMILES string of the molecule is CC(C)(C)c1cccc(Nc2nc3ccc(Oc4ccnc(NC(=O)C5CCOC5)c4)cc3[nH]2)c1. The molecule has 5 rings (SSSR count). The number of aromatic nitrogens is 3. The molecule has 0 saturated carbocycles. The maximum atomic E-state index is 12.3. The molecule has 2 aromatic carbocycles. The number of anilines is 3. The number of pyridine rings is 1. The Morgan fingerprint density at radius 3 is 2.77 bits per heavy atom. The predicted octanol–water partition coefficient (Wildman–Crippen LogP) is 5.77. The molecule has 180 valence electrons. The highest BCUT2D eigenvalue weighted by atomic mass is 16.5. The number of aromatic amines is 1. The molecule has 0 spiro atoms. The van der Waals surface area contributed by atoms with E-state index in [1.54, 1.807) is 18.3 Å². The lowest BCUT2D eigenvalue weighted by molar-refractivity contribution is -0.119. The van der Waals surface area contributed by atoms with Crippen molar-refractivity contribution in [3.8, 4) is 11.5 Å². The molecule has 1 unspecified atom stereocenters. The number of imidazole rings is 1. The predicted molar refractivity (Wildman–Crippen MR) is 136 cm³/mol. The van der Waals surface area contributed by atoms with E-state index in [0.29, 0.717) is 36.5 Å². The molecule has 1 atom stereocenters. The quantitative estimate of drug-likeness (QED) is 0.330. The van der Waals surface area contributed by atoms with E-state index in [1.165, 1.54) is 5.56 Å². The van der Waals surface area contributed by atoms with Crippen LogP contribution in [-0.2, 0) is 14.9 Å². The number of nitrogens with one attached hydrogen (secondary N) is 3. The normalized spacial score (nSPS) is 15.8. The van der Waals surface area contributed by atoms with Gasteiger partial charge in [0.1, 0.15) is 17.3 Å². The minimum absolute atomic E-state index is 0.0678. The fourth-order valence-electron chi connectivity index (χ4n) is 3.96. The van der Waals surface area contributed by atoms with Gasteiger partial charge in [0, 0.05) is 30.6 Å². The van der Waals surface area contributed by atoms with Crippen molar-refractivity contribution in [1.29, 1.82) is 0 Å². The molecular formula is C27H29N5O3. The molecule has 3 heterocycles. The number of hydrogen-bond donors (Lipinski definition) is 3. The highest BCUT2D eigenvalue weighted by molar-refractivity contribution is 5.92. The van der Waals surface area contributed by atoms with Gasteiger partial charge in [-0.05, 0) is 47.7 Å². The summed E-state index contributed by atoms with van der Waals surface area (Å²) < 4.78 is 11.3. The molecule has 0 radical (unpaired) electrons. The number of nitrogens with zero attached hydrogens (tertiary/aromatic N) is 2. The minimum atomic E-state index is -0.136. The number of carbonyl (C=O) groups is 1. The van der Waals surface area contributed by atoms with Crippen LogP contribution in [0.4, 0.5) is 17.5 Å². The Hall–Kier alpha value is -3.91. The van der Waals surface area contributed by atoms with Gasteiger partial charge in [0.2, 0.25) is 11.9 Å². The number of benzene rings is 2. The lowest BCUT2D eigenvalue weighted by Gasteiger charge is -2.19. The van der Waals surface area contributed by atoms with E-state index in [4.69, 9.17) is 9.47 Å². The number of H-pyrrole nitrogens is 1. The van der Waals surface area contributed by atoms with E-state index in [9.17, 15) is 4.79 Å². The van der Waals surface area contributed by atoms with Crippen molar-refractivity contribution in [2.45, 2.75) is 32.6 Å². The summed E-state index contributed by atoms with van der Waals surface area (Å²) >= 11 is 0. The summed E-state index contributed by atoms with van der Waals surface area (Å²) in [6.07, 6.45) is 2.34. The number of amides is 1. The number of fused-ring (bicyclic) bond motifs is 1. The van der Waals surface area contributed by atoms with Gasteiger partial charge >= 0.3 is 0 Å². The first kappa shape index (κ1) is 22.9. The lowest BCUT2D eigenvalue weighted by atomic mass is 9.87. The number of hydrogen-bond acceptors (Lipinski definition) is 6. The highest BCUT2D eigenvalue weighted by Gasteiger charge is 2.23. The van der Waals surface area contributed by atoms with Gasteiger partial charge in [-0.25, -0.2) is 9.97 Å². The largest absolute Gasteiger partial charge is 0.457 e. The van der Waals surface area contributed by atoms with Crippen LogP contribution in [0.5, 0.6) is 11.5 Å². The highest BCUT2D eigenvalue weighted by Crippen LogP contribution is 2.29. The van der Waals surface area contributed by atoms with Crippen LogP contribution in [0.2, 0.25) is 0 Å². The van der Waals surface area contributed by atoms with Gasteiger partial charge in [-0.2, -0.15) is 0 Å². The van der Waals surface area contributed by atoms with E-state index in [1.807, 2.05) is 30.3 Å². The summed E-state index contributed by atoms with van der Waals surface area (Å²) in [6, 6.07) is 17.5. The zero-order valence-corrected chi connectivity index (χ0v) is 20.1. The molecule has 1 aliphatic rings. The Bertz CT molecular complexity index is 1350. The molecule has 0 bridgehead atoms. The molecule has 8 nitrogen and oxygen atoms in total. The fourth-order valence-corrected chi connectivity index (χ4v) is 3.96. The number of ether oxygens (including phenoxy) is 2. The zero-order chi connectivity index (χ0) is 24.4. The van der Waals surface area contributed by atoms with Crippen molar-refractivity contribution in [2.75, 3.05) is 23.8 Å². The second kappa shape index (κ2) is 9.38. The van der Waals surface area contributed by atoms with Crippen molar-refractivity contribution >= 4 is 34.4 Å². The lowest BCUT2D eigenvalue weighted by Crippen LogP contribution is -2.23. The van der Waals surface area contributed by atoms with Crippen LogP contribution >= 0.6 is 0 Å². The third kappa shape index (κ3) is 5.44. The van der Waals surface area contributed by atoms with Gasteiger partial charge in [-0.1, -0.05) is 32.9 Å². The van der Waals surface area contributed by atoms with Gasteiger partial charge in [0.05, 0.1) is 23.6 Å². The fraction of sp³-hybridized carbons (Fsp3) is 0.296. The Morgan fingerprint density at radius 1 is 1.11 bits per heavy atom. The van der Waals surface area contributed by atoms with Crippen molar-refractivity contribution < 1.29 is 14.3 Å². The van der Waals surface area contributed by atoms with Crippen LogP contribution < -0.4 is 15.4 Å². The van der Waals surface area contributed by atoms with E-state index in [-0.39, 0.29) is 17.2 Å². The summed E-state index contributed by atoms with van der Waals surface area (Å²) in [5.41, 5.74) is 3.97. The molecule has 3 N–H and O–H groups in total. The topological polar surface area (TPSA) is 101 Å². The molecule has 8 heteroatoms. The summed E-state index contributed by atoms with van der Waals surface area (Å²) in [5, 5.41) is 6.20. The van der Waals surface area contributed by atoms with Gasteiger partial charge in [-0.15, -0.1) is 0 Å². The van der Waals surface area contributed by atoms with Crippen LogP contribution in [0.3, 0.4) is 0 Å². The van der Waals surface area contributed by atoms with Gasteiger partial charge in [-0.3, -0.25) is 4.79 Å². The third-order valence-corrected chi connectivity index (χ3v) is 5.96. The summed E-state index contributed by atoms with van der Waals surface area (Å²) in [6.45, 7) is 7.65. The number of rotatable bonds is 6. The van der Waals surface area contributed by atoms with Crippen molar-refractivity contribution in [2.24, 2.45) is 5.92 Å². The first-order valence-corrected chi connectivity index (χ1v) is 11.7. The van der Waals surface area contributed by atoms with E-state index < -0.39 is 0 Å². The molecule has 2 aromatic heterocycles. The summed E-state index contributed by atoms with van der Waals surface area (Å²) in [4.78, 5) is 24.5. The molecule has 4 aromatic rings. The smallest absolute Gasteiger partial charge is 0.231 e. The summed E-state index contributed by atoms with van der Waals surface area (Å²) in [7, 11) is 0. The standard InChI is InChI=1S/C27H29N5O3/c1-27(2,3)18-5-4-6-19(13-18)29-26-30-22-8-7-20(14-23(22)31-26)35-21-9-11-28-24(15-21)32-25(33)17-10-12-34-16-17/h4-9,11,13-15,17H,10,12,16H2,1-3H3,(H,28,32,33)(H2,29,30,31). The van der Waals surface area contributed by atoms with Crippen LogP contribution in [0.1, 0.15) is 32.8 Å². The second-order valence-electron chi connectivity index (χ2n) is 9.75. The summed E-state index contributed by atoms with van der Waals surface area (Å²) in [5.74, 6) is 2.12. The van der Waals surface area contributed by atoms with Gasteiger partial charge in [0.25, 0.3) is 0 Å². The van der Waals surface area contributed by atoms with Gasteiger partial charge in [0.15, 0.2) is 0 Å². The Morgan fingerprint density at radius 2 is 1.97 bits per heavy atom. The Labute approximate surface area is 204 Å². The molecule has 1 aliphatic heterocycles. The van der Waals surface area contributed by atoms with Crippen molar-refractivity contribution in [3.05, 3.63) is 66.4 Å². The zero-order valence-electron chi connectivity index (χ0n) is 20.1. The van der Waals surface area contributed by atoms with Crippen molar-refractivity contribution in [1.82, 2.24) is 15.0 Å². The van der Waals surface area contributed by atoms with Crippen LogP contribution in [0.25, 0.3) is 11.0 Å². The minimum Gasteiger partial charge on any atom is -0.457 e. The third-order valence-electron chi connectivity index (χ3n) is 5.96. The molecular weight excluding hydrogens is 442 g/mol. The molecule has 35 heavy (non-hydrogen) atoms. The van der Waals surface area contributed by atoms with E-state index in [2.05, 4.69) is 58.5 Å². The first-order valence-electron chi connectivity index (χ1n) is 11.7. The van der Waals surface area contributed by atoms with E-state index >= 15 is 0 Å². The maximum Gasteiger partial charge on any atom is 0.231 e. The first-order chi connectivity index (χ1) is 16.8. The Balaban J connectivity index is 1.29. The van der Waals surface area contributed by atoms with Crippen LogP contribution in [0, 0.1) is 5.92 Å². The van der Waals surface area contributed by atoms with Crippen molar-refractivity contribution in [3.63, 3.8) is 0 Å². The van der Waals surface area contributed by atoms with Gasteiger partial charge < -0.3 is 25.1 Å². The molecule has 1 amide bonds. The molecule has 1 fully saturated rings. The van der Waals surface area contributed by atoms with E-state index in [0.717, 1.165) is 23.1 Å². The Kier molecular flexibility index (Phi) is 6.13. The molecule has 1 saturated heterocycles. The average molecular weight is 472 g/mol. The maximum absolute atomic E-state index is 12.3.